The fourth-order valence-electron chi connectivity index (χ4n) is 1.59. The maximum Gasteiger partial charge on any atom is 0.148 e. The fourth-order valence-corrected chi connectivity index (χ4v) is 2.92. The van der Waals surface area contributed by atoms with Crippen molar-refractivity contribution < 1.29 is 0 Å². The molecule has 6 heteroatoms. The number of nitrogen functional groups attached to an aromatic ring is 1. The lowest BCUT2D eigenvalue weighted by Gasteiger charge is -2.23. The molecule has 0 unspecified atom stereocenters. The lowest BCUT2D eigenvalue weighted by molar-refractivity contribution is 0.377. The molecule has 19 heavy (non-hydrogen) atoms. The molecule has 0 fully saturated rings. The summed E-state index contributed by atoms with van der Waals surface area (Å²) in [5.41, 5.74) is 8.10. The smallest absolute Gasteiger partial charge is 0.148 e. The molecule has 2 aromatic rings. The molecule has 0 bridgehead atoms. The summed E-state index contributed by atoms with van der Waals surface area (Å²) in [5.74, 6) is 0.562. The Balaban J connectivity index is 2.23. The Morgan fingerprint density at radius 3 is 2.74 bits per heavy atom. The third-order valence-corrected chi connectivity index (χ3v) is 4.87. The summed E-state index contributed by atoms with van der Waals surface area (Å²) in [6.45, 7) is 9.60. The Kier molecular flexibility index (Phi) is 4.10. The maximum atomic E-state index is 5.98. The van der Waals surface area contributed by atoms with Gasteiger partial charge in [-0.2, -0.15) is 4.37 Å². The number of nitrogens with one attached hydrogen (secondary N) is 1. The van der Waals surface area contributed by atoms with Crippen molar-refractivity contribution in [2.45, 2.75) is 34.1 Å². The van der Waals surface area contributed by atoms with Crippen molar-refractivity contribution in [3.63, 3.8) is 0 Å². The first-order valence-electron chi connectivity index (χ1n) is 6.34. The van der Waals surface area contributed by atoms with Crippen LogP contribution in [0.5, 0.6) is 0 Å². The number of rotatable bonds is 5. The fraction of sp³-hybridized carbons (Fsp3) is 0.538. The van der Waals surface area contributed by atoms with Crippen LogP contribution >= 0.6 is 22.9 Å². The molecule has 4 nitrogen and oxygen atoms in total. The number of thiazole rings is 1. The molecule has 0 spiro atoms. The predicted molar refractivity (Wildman–Crippen MR) is 84.9 cm³/mol. The normalized spacial score (nSPS) is 11.8. The summed E-state index contributed by atoms with van der Waals surface area (Å²) in [5, 5.41) is 7.57. The Labute approximate surface area is 122 Å². The van der Waals surface area contributed by atoms with Gasteiger partial charge in [0.05, 0.1) is 16.3 Å². The highest BCUT2D eigenvalue weighted by atomic mass is 32.1. The standard InChI is InChI=1S/C13H20N4S2/c1-5-13(3,4)7-15-12-10(11(14)17-19-12)9-6-18-8(2)16-9/h6,15H,5,7H2,1-4H3,(H2,14,17). The molecule has 2 heterocycles. The van der Waals surface area contributed by atoms with Crippen LogP contribution in [-0.2, 0) is 0 Å². The van der Waals surface area contributed by atoms with Gasteiger partial charge in [0.25, 0.3) is 0 Å². The first-order chi connectivity index (χ1) is 8.93. The number of hydrogen-bond donors (Lipinski definition) is 2. The molecule has 3 N–H and O–H groups in total. The van der Waals surface area contributed by atoms with Crippen LogP contribution in [-0.4, -0.2) is 15.9 Å². The number of anilines is 2. The number of hydrogen-bond acceptors (Lipinski definition) is 6. The third kappa shape index (κ3) is 3.25. The highest BCUT2D eigenvalue weighted by Gasteiger charge is 2.19. The van der Waals surface area contributed by atoms with Crippen LogP contribution < -0.4 is 11.1 Å². The Hall–Kier alpha value is -1.14. The van der Waals surface area contributed by atoms with Crippen LogP contribution in [0.1, 0.15) is 32.2 Å². The van der Waals surface area contributed by atoms with Crippen molar-refractivity contribution in [2.75, 3.05) is 17.6 Å². The van der Waals surface area contributed by atoms with Crippen LogP contribution in [0.4, 0.5) is 10.8 Å². The van der Waals surface area contributed by atoms with E-state index in [0.717, 1.165) is 34.2 Å². The van der Waals surface area contributed by atoms with E-state index in [1.807, 2.05) is 12.3 Å². The van der Waals surface area contributed by atoms with Gasteiger partial charge in [0.15, 0.2) is 0 Å². The molecule has 0 aliphatic carbocycles. The van der Waals surface area contributed by atoms with E-state index in [1.165, 1.54) is 11.5 Å². The minimum Gasteiger partial charge on any atom is -0.382 e. The lowest BCUT2D eigenvalue weighted by Crippen LogP contribution is -2.21. The number of nitrogens with zero attached hydrogens (tertiary/aromatic N) is 2. The predicted octanol–water partition coefficient (Wildman–Crippen LogP) is 4.01. The van der Waals surface area contributed by atoms with Gasteiger partial charge in [-0.05, 0) is 30.3 Å². The van der Waals surface area contributed by atoms with Crippen molar-refractivity contribution >= 4 is 33.7 Å². The van der Waals surface area contributed by atoms with E-state index in [2.05, 4.69) is 35.4 Å². The minimum atomic E-state index is 0.258. The van der Waals surface area contributed by atoms with Gasteiger partial charge in [-0.15, -0.1) is 11.3 Å². The first-order valence-corrected chi connectivity index (χ1v) is 8.00. The summed E-state index contributed by atoms with van der Waals surface area (Å²) >= 11 is 3.04. The van der Waals surface area contributed by atoms with E-state index in [9.17, 15) is 0 Å². The van der Waals surface area contributed by atoms with Crippen molar-refractivity contribution in [2.24, 2.45) is 5.41 Å². The monoisotopic (exact) mass is 296 g/mol. The SMILES string of the molecule is CCC(C)(C)CNc1snc(N)c1-c1csc(C)n1. The van der Waals surface area contributed by atoms with Gasteiger partial charge >= 0.3 is 0 Å². The van der Waals surface area contributed by atoms with E-state index in [1.54, 1.807) is 11.3 Å². The molecular weight excluding hydrogens is 276 g/mol. The minimum absolute atomic E-state index is 0.258. The van der Waals surface area contributed by atoms with Crippen LogP contribution in [0.15, 0.2) is 5.38 Å². The summed E-state index contributed by atoms with van der Waals surface area (Å²) in [4.78, 5) is 4.50. The highest BCUT2D eigenvalue weighted by molar-refractivity contribution is 7.11. The molecule has 0 aliphatic heterocycles. The zero-order valence-corrected chi connectivity index (χ0v) is 13.4. The molecule has 2 aromatic heterocycles. The number of nitrogens with two attached hydrogens (primary N) is 1. The van der Waals surface area contributed by atoms with E-state index >= 15 is 0 Å². The zero-order chi connectivity index (χ0) is 14.0. The van der Waals surface area contributed by atoms with Crippen LogP contribution in [0.25, 0.3) is 11.3 Å². The van der Waals surface area contributed by atoms with Crippen LogP contribution in [0.2, 0.25) is 0 Å². The number of aryl methyl sites for hydroxylation is 1. The molecular formula is C13H20N4S2. The van der Waals surface area contributed by atoms with E-state index < -0.39 is 0 Å². The van der Waals surface area contributed by atoms with Crippen molar-refractivity contribution in [3.05, 3.63) is 10.4 Å². The van der Waals surface area contributed by atoms with Gasteiger partial charge in [0, 0.05) is 11.9 Å². The Bertz CT molecular complexity index is 557. The summed E-state index contributed by atoms with van der Waals surface area (Å²) in [7, 11) is 0. The third-order valence-electron chi connectivity index (χ3n) is 3.28. The summed E-state index contributed by atoms with van der Waals surface area (Å²) in [6.07, 6.45) is 1.12. The molecule has 0 saturated carbocycles. The molecule has 0 amide bonds. The molecule has 0 saturated heterocycles. The topological polar surface area (TPSA) is 63.8 Å². The Morgan fingerprint density at radius 2 is 2.16 bits per heavy atom. The Morgan fingerprint density at radius 1 is 1.42 bits per heavy atom. The second kappa shape index (κ2) is 5.46. The first kappa shape index (κ1) is 14.3. The molecule has 0 aromatic carbocycles. The van der Waals surface area contributed by atoms with Crippen molar-refractivity contribution in [3.8, 4) is 11.3 Å². The van der Waals surface area contributed by atoms with Gasteiger partial charge in [0.1, 0.15) is 10.8 Å². The van der Waals surface area contributed by atoms with E-state index in [0.29, 0.717) is 5.82 Å². The second-order valence-corrected chi connectivity index (χ2v) is 7.23. The largest absolute Gasteiger partial charge is 0.382 e. The molecule has 2 rings (SSSR count). The van der Waals surface area contributed by atoms with E-state index in [-0.39, 0.29) is 5.41 Å². The van der Waals surface area contributed by atoms with Gasteiger partial charge in [-0.3, -0.25) is 0 Å². The lowest BCUT2D eigenvalue weighted by atomic mass is 9.90. The van der Waals surface area contributed by atoms with Gasteiger partial charge < -0.3 is 11.1 Å². The van der Waals surface area contributed by atoms with Gasteiger partial charge in [-0.1, -0.05) is 20.8 Å². The average Bonchev–Trinajstić information content (AvgIpc) is 2.93. The maximum absolute atomic E-state index is 5.98. The van der Waals surface area contributed by atoms with Crippen LogP contribution in [0, 0.1) is 12.3 Å². The number of aromatic nitrogens is 2. The molecule has 0 aliphatic rings. The van der Waals surface area contributed by atoms with Gasteiger partial charge in [-0.25, -0.2) is 4.98 Å². The average molecular weight is 296 g/mol. The summed E-state index contributed by atoms with van der Waals surface area (Å²) < 4.78 is 4.25. The van der Waals surface area contributed by atoms with Crippen LogP contribution in [0.3, 0.4) is 0 Å². The summed E-state index contributed by atoms with van der Waals surface area (Å²) in [6, 6.07) is 0. The van der Waals surface area contributed by atoms with Crippen molar-refractivity contribution in [1.29, 1.82) is 0 Å². The van der Waals surface area contributed by atoms with E-state index in [4.69, 9.17) is 5.73 Å². The molecule has 0 atom stereocenters. The zero-order valence-electron chi connectivity index (χ0n) is 11.8. The van der Waals surface area contributed by atoms with Gasteiger partial charge in [0.2, 0.25) is 0 Å². The van der Waals surface area contributed by atoms with Crippen molar-refractivity contribution in [1.82, 2.24) is 9.36 Å². The molecule has 0 radical (unpaired) electrons. The quantitative estimate of drug-likeness (QED) is 0.875. The molecule has 104 valence electrons. The highest BCUT2D eigenvalue weighted by Crippen LogP contribution is 2.37. The second-order valence-electron chi connectivity index (χ2n) is 5.40.